The molecular formula is C16H22O11. The van der Waals surface area contributed by atoms with E-state index < -0.39 is 67.2 Å². The average molecular weight is 390 g/mol. The molecule has 0 N–H and O–H groups in total. The highest BCUT2D eigenvalue weighted by atomic mass is 16.7. The molecule has 152 valence electrons. The van der Waals surface area contributed by atoms with Crippen molar-refractivity contribution in [2.24, 2.45) is 0 Å². The first kappa shape index (κ1) is 22.4. The molecule has 0 aromatic heterocycles. The maximum Gasteiger partial charge on any atom is 0.305 e. The van der Waals surface area contributed by atoms with Gasteiger partial charge in [-0.1, -0.05) is 0 Å². The number of ether oxygens (including phenoxy) is 6. The monoisotopic (exact) mass is 390 g/mol. The van der Waals surface area contributed by atoms with Gasteiger partial charge in [-0.15, -0.1) is 0 Å². The quantitative estimate of drug-likeness (QED) is 0.433. The number of carbonyl (C=O) groups excluding carboxylic acids is 5. The summed E-state index contributed by atoms with van der Waals surface area (Å²) in [7, 11) is 0. The summed E-state index contributed by atoms with van der Waals surface area (Å²) >= 11 is 0. The molecule has 11 nitrogen and oxygen atoms in total. The molecule has 5 atom stereocenters. The predicted octanol–water partition coefficient (Wildman–Crippen LogP) is -0.367. The molecule has 1 aliphatic heterocycles. The van der Waals surface area contributed by atoms with Gasteiger partial charge in [-0.2, -0.15) is 0 Å². The lowest BCUT2D eigenvalue weighted by molar-refractivity contribution is -0.300. The highest BCUT2D eigenvalue weighted by Crippen LogP contribution is 2.29. The fourth-order valence-corrected chi connectivity index (χ4v) is 2.45. The van der Waals surface area contributed by atoms with E-state index in [0.29, 0.717) is 0 Å². The first-order valence-electron chi connectivity index (χ1n) is 7.99. The van der Waals surface area contributed by atoms with Gasteiger partial charge in [0.1, 0.15) is 12.7 Å². The molecule has 1 fully saturated rings. The van der Waals surface area contributed by atoms with Crippen molar-refractivity contribution in [2.75, 3.05) is 6.61 Å². The number of carbonyl (C=O) groups is 5. The van der Waals surface area contributed by atoms with Crippen molar-refractivity contribution in [3.8, 4) is 0 Å². The lowest BCUT2D eigenvalue weighted by Gasteiger charge is -2.43. The van der Waals surface area contributed by atoms with Crippen LogP contribution in [0.3, 0.4) is 0 Å². The normalized spacial score (nSPS) is 27.1. The summed E-state index contributed by atoms with van der Waals surface area (Å²) in [5.41, 5.74) is 0. The van der Waals surface area contributed by atoms with Crippen LogP contribution in [-0.2, 0) is 52.4 Å². The van der Waals surface area contributed by atoms with Crippen molar-refractivity contribution in [3.05, 3.63) is 0 Å². The number of hydrogen-bond acceptors (Lipinski definition) is 11. The summed E-state index contributed by atoms with van der Waals surface area (Å²) in [6, 6.07) is 0. The fourth-order valence-electron chi connectivity index (χ4n) is 2.45. The van der Waals surface area contributed by atoms with Crippen LogP contribution < -0.4 is 0 Å². The summed E-state index contributed by atoms with van der Waals surface area (Å²) < 4.78 is 30.8. The van der Waals surface area contributed by atoms with Crippen LogP contribution in [0.2, 0.25) is 0 Å². The smallest absolute Gasteiger partial charge is 0.305 e. The first-order chi connectivity index (χ1) is 12.5. The summed E-state index contributed by atoms with van der Waals surface area (Å²) in [6.45, 7) is 5.13. The SMILES string of the molecule is CC(=O)OC[C@@H]1O[C@H](OC(C)=O)[C@@H](OC(C)=O)[C@@H](OC(C)=O)[C@H]1OC(C)=O. The topological polar surface area (TPSA) is 141 Å². The Morgan fingerprint density at radius 1 is 0.630 bits per heavy atom. The molecule has 0 saturated carbocycles. The predicted molar refractivity (Wildman–Crippen MR) is 83.7 cm³/mol. The van der Waals surface area contributed by atoms with Crippen LogP contribution in [0.5, 0.6) is 0 Å². The Labute approximate surface area is 155 Å². The van der Waals surface area contributed by atoms with Gasteiger partial charge in [0.15, 0.2) is 12.2 Å². The second-order valence-corrected chi connectivity index (χ2v) is 5.68. The molecule has 0 spiro atoms. The minimum Gasteiger partial charge on any atom is -0.463 e. The molecular weight excluding hydrogens is 368 g/mol. The third-order valence-electron chi connectivity index (χ3n) is 3.23. The average Bonchev–Trinajstić information content (AvgIpc) is 2.49. The van der Waals surface area contributed by atoms with Crippen LogP contribution in [-0.4, -0.2) is 67.2 Å². The van der Waals surface area contributed by atoms with Gasteiger partial charge in [0.2, 0.25) is 12.4 Å². The van der Waals surface area contributed by atoms with Crippen LogP contribution in [0.1, 0.15) is 34.6 Å². The van der Waals surface area contributed by atoms with E-state index in [1.54, 1.807) is 0 Å². The standard InChI is InChI=1S/C16H22O11/c1-7(17)22-6-12-13(23-8(2)18)14(24-9(3)19)15(25-10(4)20)16(27-12)26-11(5)21/h12-16H,6H2,1-5H3/t12-,13-,14-,15-,16-/m0/s1. The second-order valence-electron chi connectivity index (χ2n) is 5.68. The van der Waals surface area contributed by atoms with Gasteiger partial charge >= 0.3 is 29.8 Å². The number of rotatable bonds is 6. The summed E-state index contributed by atoms with van der Waals surface area (Å²) in [5, 5.41) is 0. The minimum absolute atomic E-state index is 0.393. The highest BCUT2D eigenvalue weighted by molar-refractivity contribution is 5.69. The van der Waals surface area contributed by atoms with E-state index >= 15 is 0 Å². The largest absolute Gasteiger partial charge is 0.463 e. The Kier molecular flexibility index (Phi) is 8.16. The number of hydrogen-bond donors (Lipinski definition) is 0. The zero-order chi connectivity index (χ0) is 20.7. The van der Waals surface area contributed by atoms with Gasteiger partial charge in [-0.3, -0.25) is 24.0 Å². The Hall–Kier alpha value is -2.69. The number of esters is 5. The van der Waals surface area contributed by atoms with Crippen molar-refractivity contribution in [2.45, 2.75) is 65.3 Å². The van der Waals surface area contributed by atoms with Gasteiger partial charge in [0.05, 0.1) is 0 Å². The molecule has 11 heteroatoms. The molecule has 0 aromatic carbocycles. The third kappa shape index (κ3) is 7.21. The van der Waals surface area contributed by atoms with E-state index in [2.05, 4.69) is 0 Å². The third-order valence-corrected chi connectivity index (χ3v) is 3.23. The maximum atomic E-state index is 11.5. The van der Waals surface area contributed by atoms with Crippen molar-refractivity contribution < 1.29 is 52.4 Å². The van der Waals surface area contributed by atoms with E-state index in [1.807, 2.05) is 0 Å². The van der Waals surface area contributed by atoms with Gasteiger partial charge in [-0.05, 0) is 0 Å². The van der Waals surface area contributed by atoms with Gasteiger partial charge in [-0.25, -0.2) is 0 Å². The Morgan fingerprint density at radius 3 is 1.52 bits per heavy atom. The van der Waals surface area contributed by atoms with E-state index in [4.69, 9.17) is 28.4 Å². The zero-order valence-electron chi connectivity index (χ0n) is 15.6. The fraction of sp³-hybridized carbons (Fsp3) is 0.688. The van der Waals surface area contributed by atoms with Crippen molar-refractivity contribution in [3.63, 3.8) is 0 Å². The minimum atomic E-state index is -1.48. The molecule has 1 heterocycles. The van der Waals surface area contributed by atoms with Gasteiger partial charge in [0.25, 0.3) is 0 Å². The van der Waals surface area contributed by atoms with Crippen LogP contribution in [0.15, 0.2) is 0 Å². The Balaban J connectivity index is 3.29. The van der Waals surface area contributed by atoms with E-state index in [-0.39, 0.29) is 0 Å². The van der Waals surface area contributed by atoms with Crippen molar-refractivity contribution in [1.29, 1.82) is 0 Å². The first-order valence-corrected chi connectivity index (χ1v) is 7.99. The maximum absolute atomic E-state index is 11.5. The van der Waals surface area contributed by atoms with Gasteiger partial charge < -0.3 is 28.4 Å². The molecule has 0 bridgehead atoms. The zero-order valence-corrected chi connectivity index (χ0v) is 15.6. The second kappa shape index (κ2) is 9.86. The molecule has 0 aromatic rings. The Morgan fingerprint density at radius 2 is 1.07 bits per heavy atom. The van der Waals surface area contributed by atoms with Crippen molar-refractivity contribution in [1.82, 2.24) is 0 Å². The van der Waals surface area contributed by atoms with E-state index in [0.717, 1.165) is 34.6 Å². The van der Waals surface area contributed by atoms with E-state index in [9.17, 15) is 24.0 Å². The molecule has 1 aliphatic rings. The lowest BCUT2D eigenvalue weighted by Crippen LogP contribution is -2.63. The summed E-state index contributed by atoms with van der Waals surface area (Å²) in [5.74, 6) is -3.71. The lowest BCUT2D eigenvalue weighted by atomic mass is 9.98. The van der Waals surface area contributed by atoms with Gasteiger partial charge in [0, 0.05) is 34.6 Å². The highest BCUT2D eigenvalue weighted by Gasteiger charge is 2.53. The molecule has 0 unspecified atom stereocenters. The van der Waals surface area contributed by atoms with Crippen LogP contribution in [0, 0.1) is 0 Å². The van der Waals surface area contributed by atoms with Crippen LogP contribution in [0.25, 0.3) is 0 Å². The van der Waals surface area contributed by atoms with Crippen molar-refractivity contribution >= 4 is 29.8 Å². The molecule has 0 amide bonds. The molecule has 0 radical (unpaired) electrons. The van der Waals surface area contributed by atoms with Crippen LogP contribution in [0.4, 0.5) is 0 Å². The van der Waals surface area contributed by atoms with Crippen LogP contribution >= 0.6 is 0 Å². The van der Waals surface area contributed by atoms with E-state index in [1.165, 1.54) is 0 Å². The summed E-state index contributed by atoms with van der Waals surface area (Å²) in [6.07, 6.45) is -6.70. The Bertz CT molecular complexity index is 599. The molecule has 1 rings (SSSR count). The summed E-state index contributed by atoms with van der Waals surface area (Å²) in [4.78, 5) is 57.0. The molecule has 0 aliphatic carbocycles. The molecule has 1 saturated heterocycles. The molecule has 27 heavy (non-hydrogen) atoms.